The highest BCUT2D eigenvalue weighted by atomic mass is 16.2. The fourth-order valence-corrected chi connectivity index (χ4v) is 2.61. The zero-order chi connectivity index (χ0) is 16.7. The van der Waals surface area contributed by atoms with Gasteiger partial charge in [-0.25, -0.2) is 0 Å². The third-order valence-corrected chi connectivity index (χ3v) is 4.13. The Bertz CT molecular complexity index is 440. The zero-order valence-corrected chi connectivity index (χ0v) is 14.3. The fraction of sp³-hybridized carbons (Fsp3) is 0.812. The molecular weight excluding hydrogens is 294 g/mol. The van der Waals surface area contributed by atoms with Crippen molar-refractivity contribution < 1.29 is 9.59 Å². The van der Waals surface area contributed by atoms with E-state index in [2.05, 4.69) is 20.5 Å². The van der Waals surface area contributed by atoms with Gasteiger partial charge in [-0.15, -0.1) is 0 Å². The Kier molecular flexibility index (Phi) is 6.67. The smallest absolute Gasteiger partial charge is 0.220 e. The van der Waals surface area contributed by atoms with Crippen LogP contribution in [0, 0.1) is 0 Å². The monoisotopic (exact) mass is 323 g/mol. The van der Waals surface area contributed by atoms with Crippen molar-refractivity contribution in [3.8, 4) is 0 Å². The Morgan fingerprint density at radius 2 is 1.78 bits per heavy atom. The molecule has 0 aromatic carbocycles. The summed E-state index contributed by atoms with van der Waals surface area (Å²) < 4.78 is 0. The molecule has 1 heterocycles. The van der Waals surface area contributed by atoms with Crippen molar-refractivity contribution in [3.05, 3.63) is 0 Å². The van der Waals surface area contributed by atoms with Crippen LogP contribution < -0.4 is 10.6 Å². The van der Waals surface area contributed by atoms with E-state index in [9.17, 15) is 9.59 Å². The zero-order valence-electron chi connectivity index (χ0n) is 14.3. The van der Waals surface area contributed by atoms with Crippen LogP contribution in [-0.4, -0.2) is 72.9 Å². The lowest BCUT2D eigenvalue weighted by atomic mass is 10.3. The van der Waals surface area contributed by atoms with Gasteiger partial charge < -0.3 is 20.4 Å². The molecule has 0 aromatic heterocycles. The van der Waals surface area contributed by atoms with E-state index >= 15 is 0 Å². The molecule has 2 fully saturated rings. The van der Waals surface area contributed by atoms with Gasteiger partial charge in [0.2, 0.25) is 11.8 Å². The second kappa shape index (κ2) is 8.74. The molecule has 2 amide bonds. The van der Waals surface area contributed by atoms with Gasteiger partial charge in [-0.3, -0.25) is 14.6 Å². The van der Waals surface area contributed by atoms with E-state index in [1.54, 1.807) is 6.92 Å². The molecule has 0 spiro atoms. The SMILES string of the molecule is CCNC(=NCCCC(=O)NC1CC1)N1CCN(C(C)=O)CC1. The van der Waals surface area contributed by atoms with Gasteiger partial charge in [0.15, 0.2) is 5.96 Å². The normalized spacial score (nSPS) is 18.8. The van der Waals surface area contributed by atoms with Crippen LogP contribution in [0.5, 0.6) is 0 Å². The summed E-state index contributed by atoms with van der Waals surface area (Å²) in [7, 11) is 0. The summed E-state index contributed by atoms with van der Waals surface area (Å²) in [5.41, 5.74) is 0. The Morgan fingerprint density at radius 1 is 1.13 bits per heavy atom. The van der Waals surface area contributed by atoms with Gasteiger partial charge in [0.25, 0.3) is 0 Å². The van der Waals surface area contributed by atoms with Crippen molar-refractivity contribution in [3.63, 3.8) is 0 Å². The van der Waals surface area contributed by atoms with Crippen LogP contribution in [0.15, 0.2) is 4.99 Å². The maximum Gasteiger partial charge on any atom is 0.220 e. The van der Waals surface area contributed by atoms with E-state index in [0.717, 1.165) is 57.9 Å². The maximum absolute atomic E-state index is 11.6. The number of hydrogen-bond acceptors (Lipinski definition) is 3. The van der Waals surface area contributed by atoms with Gasteiger partial charge in [0.05, 0.1) is 0 Å². The molecule has 1 saturated carbocycles. The molecule has 23 heavy (non-hydrogen) atoms. The van der Waals surface area contributed by atoms with Crippen LogP contribution in [0.2, 0.25) is 0 Å². The molecule has 2 N–H and O–H groups in total. The molecule has 7 heteroatoms. The lowest BCUT2D eigenvalue weighted by molar-refractivity contribution is -0.130. The first-order valence-electron chi connectivity index (χ1n) is 8.68. The molecule has 1 aliphatic heterocycles. The highest BCUT2D eigenvalue weighted by molar-refractivity contribution is 5.81. The van der Waals surface area contributed by atoms with E-state index in [1.807, 2.05) is 11.8 Å². The van der Waals surface area contributed by atoms with Gasteiger partial charge in [0, 0.05) is 58.7 Å². The summed E-state index contributed by atoms with van der Waals surface area (Å²) in [4.78, 5) is 31.7. The lowest BCUT2D eigenvalue weighted by Gasteiger charge is -2.36. The molecule has 0 aromatic rings. The van der Waals surface area contributed by atoms with Crippen molar-refractivity contribution in [1.29, 1.82) is 0 Å². The predicted molar refractivity (Wildman–Crippen MR) is 90.2 cm³/mol. The first-order chi connectivity index (χ1) is 11.1. The number of carbonyl (C=O) groups excluding carboxylic acids is 2. The first kappa shape index (κ1) is 17.6. The number of carbonyl (C=O) groups is 2. The fourth-order valence-electron chi connectivity index (χ4n) is 2.61. The standard InChI is InChI=1S/C16H29N5O2/c1-3-17-16(21-11-9-20(10-12-21)13(2)22)18-8-4-5-15(23)19-14-6-7-14/h14H,3-12H2,1-2H3,(H,17,18)(H,19,23). The minimum absolute atomic E-state index is 0.133. The predicted octanol–water partition coefficient (Wildman–Crippen LogP) is 0.175. The van der Waals surface area contributed by atoms with Gasteiger partial charge >= 0.3 is 0 Å². The third-order valence-electron chi connectivity index (χ3n) is 4.13. The second-order valence-corrected chi connectivity index (χ2v) is 6.17. The molecule has 2 aliphatic rings. The van der Waals surface area contributed by atoms with Crippen LogP contribution in [0.1, 0.15) is 39.5 Å². The Labute approximate surface area is 138 Å². The Morgan fingerprint density at radius 3 is 2.35 bits per heavy atom. The van der Waals surface area contributed by atoms with E-state index < -0.39 is 0 Å². The number of piperazine rings is 1. The van der Waals surface area contributed by atoms with Gasteiger partial charge in [-0.2, -0.15) is 0 Å². The molecule has 0 bridgehead atoms. The van der Waals surface area contributed by atoms with Gasteiger partial charge in [-0.1, -0.05) is 0 Å². The number of amides is 2. The molecule has 130 valence electrons. The molecule has 0 unspecified atom stereocenters. The molecule has 0 radical (unpaired) electrons. The van der Waals surface area contributed by atoms with E-state index in [0.29, 0.717) is 19.0 Å². The van der Waals surface area contributed by atoms with Crippen LogP contribution in [-0.2, 0) is 9.59 Å². The Hall–Kier alpha value is -1.79. The average Bonchev–Trinajstić information content (AvgIpc) is 3.34. The number of nitrogens with zero attached hydrogens (tertiary/aromatic N) is 3. The number of guanidine groups is 1. The highest BCUT2D eigenvalue weighted by Crippen LogP contribution is 2.18. The maximum atomic E-state index is 11.6. The summed E-state index contributed by atoms with van der Waals surface area (Å²) in [6, 6.07) is 0.431. The van der Waals surface area contributed by atoms with Crippen molar-refractivity contribution in [2.45, 2.75) is 45.6 Å². The quantitative estimate of drug-likeness (QED) is 0.415. The largest absolute Gasteiger partial charge is 0.357 e. The number of aliphatic imine (C=N–C) groups is 1. The third kappa shape index (κ3) is 6.08. The minimum atomic E-state index is 0.133. The van der Waals surface area contributed by atoms with Crippen molar-refractivity contribution >= 4 is 17.8 Å². The van der Waals surface area contributed by atoms with E-state index in [4.69, 9.17) is 0 Å². The van der Waals surface area contributed by atoms with Gasteiger partial charge in [-0.05, 0) is 26.2 Å². The van der Waals surface area contributed by atoms with Crippen molar-refractivity contribution in [2.75, 3.05) is 39.3 Å². The van der Waals surface area contributed by atoms with Crippen molar-refractivity contribution in [2.24, 2.45) is 4.99 Å². The van der Waals surface area contributed by atoms with Crippen LogP contribution in [0.25, 0.3) is 0 Å². The van der Waals surface area contributed by atoms with Gasteiger partial charge in [0.1, 0.15) is 0 Å². The van der Waals surface area contributed by atoms with Crippen LogP contribution in [0.3, 0.4) is 0 Å². The molecule has 1 aliphatic carbocycles. The average molecular weight is 323 g/mol. The molecule has 0 atom stereocenters. The summed E-state index contributed by atoms with van der Waals surface area (Å²) in [6.07, 6.45) is 3.56. The van der Waals surface area contributed by atoms with E-state index in [1.165, 1.54) is 0 Å². The first-order valence-corrected chi connectivity index (χ1v) is 8.68. The minimum Gasteiger partial charge on any atom is -0.357 e. The molecule has 7 nitrogen and oxygen atoms in total. The number of hydrogen-bond donors (Lipinski definition) is 2. The summed E-state index contributed by atoms with van der Waals surface area (Å²) in [5.74, 6) is 1.16. The summed E-state index contributed by atoms with van der Waals surface area (Å²) >= 11 is 0. The topological polar surface area (TPSA) is 77.0 Å². The highest BCUT2D eigenvalue weighted by Gasteiger charge is 2.23. The van der Waals surface area contributed by atoms with Crippen molar-refractivity contribution in [1.82, 2.24) is 20.4 Å². The Balaban J connectivity index is 1.73. The molecular formula is C16H29N5O2. The van der Waals surface area contributed by atoms with Crippen LogP contribution >= 0.6 is 0 Å². The lowest BCUT2D eigenvalue weighted by Crippen LogP contribution is -2.53. The summed E-state index contributed by atoms with van der Waals surface area (Å²) in [6.45, 7) is 8.20. The number of rotatable bonds is 6. The number of nitrogens with one attached hydrogen (secondary N) is 2. The summed E-state index contributed by atoms with van der Waals surface area (Å²) in [5, 5.41) is 6.29. The van der Waals surface area contributed by atoms with E-state index in [-0.39, 0.29) is 11.8 Å². The van der Waals surface area contributed by atoms with Crippen LogP contribution in [0.4, 0.5) is 0 Å². The molecule has 1 saturated heterocycles. The second-order valence-electron chi connectivity index (χ2n) is 6.17. The molecule has 2 rings (SSSR count).